The van der Waals surface area contributed by atoms with Gasteiger partial charge in [0.1, 0.15) is 17.4 Å². The predicted molar refractivity (Wildman–Crippen MR) is 123 cm³/mol. The number of aromatic nitrogens is 2. The third kappa shape index (κ3) is 4.44. The number of nitrogens with zero attached hydrogens (tertiary/aromatic N) is 2. The smallest absolute Gasteiger partial charge is 0.302 e. The summed E-state index contributed by atoms with van der Waals surface area (Å²) in [4.78, 5) is 11.3. The second-order valence-corrected chi connectivity index (χ2v) is 8.83. The molecule has 0 bridgehead atoms. The largest absolute Gasteiger partial charge is 0.463 e. The molecule has 2 aromatic carbocycles. The van der Waals surface area contributed by atoms with Crippen molar-refractivity contribution in [3.05, 3.63) is 70.4 Å². The number of rotatable bonds is 5. The van der Waals surface area contributed by atoms with Crippen molar-refractivity contribution in [1.82, 2.24) is 9.78 Å². The van der Waals surface area contributed by atoms with Gasteiger partial charge in [-0.3, -0.25) is 4.79 Å². The molecule has 168 valence electrons. The van der Waals surface area contributed by atoms with Gasteiger partial charge in [0, 0.05) is 12.5 Å². The molecule has 0 atom stereocenters. The van der Waals surface area contributed by atoms with Gasteiger partial charge in [0.2, 0.25) is 0 Å². The predicted octanol–water partition coefficient (Wildman–Crippen LogP) is 4.69. The van der Waals surface area contributed by atoms with Gasteiger partial charge in [0.05, 0.1) is 23.0 Å². The molecule has 0 radical (unpaired) electrons. The average Bonchev–Trinajstić information content (AvgIpc) is 3.14. The van der Waals surface area contributed by atoms with E-state index in [4.69, 9.17) is 21.4 Å². The molecular formula is C25H27ClN2O4. The number of aliphatic hydroxyl groups excluding tert-OH is 1. The van der Waals surface area contributed by atoms with E-state index in [-0.39, 0.29) is 18.7 Å². The molecule has 0 aliphatic heterocycles. The van der Waals surface area contributed by atoms with Crippen LogP contribution in [0.5, 0.6) is 0 Å². The summed E-state index contributed by atoms with van der Waals surface area (Å²) >= 11 is 6.89. The zero-order valence-corrected chi connectivity index (χ0v) is 19.0. The van der Waals surface area contributed by atoms with Gasteiger partial charge >= 0.3 is 5.97 Å². The van der Waals surface area contributed by atoms with Crippen LogP contribution in [0.4, 0.5) is 0 Å². The lowest BCUT2D eigenvalue weighted by Crippen LogP contribution is -2.35. The van der Waals surface area contributed by atoms with Crippen LogP contribution in [0.25, 0.3) is 16.9 Å². The number of hydrogen-bond donors (Lipinski definition) is 2. The van der Waals surface area contributed by atoms with Gasteiger partial charge in [0.25, 0.3) is 0 Å². The summed E-state index contributed by atoms with van der Waals surface area (Å²) in [5.41, 5.74) is 3.53. The van der Waals surface area contributed by atoms with Crippen LogP contribution in [0, 0.1) is 6.92 Å². The first-order chi connectivity index (χ1) is 15.3. The highest BCUT2D eigenvalue weighted by atomic mass is 35.5. The Labute approximate surface area is 192 Å². The van der Waals surface area contributed by atoms with Crippen molar-refractivity contribution in [2.45, 2.75) is 57.8 Å². The topological polar surface area (TPSA) is 84.6 Å². The molecule has 0 amide bonds. The van der Waals surface area contributed by atoms with Crippen molar-refractivity contribution in [2.75, 3.05) is 0 Å². The summed E-state index contributed by atoms with van der Waals surface area (Å²) in [6, 6.07) is 15.4. The normalized spacial score (nSPS) is 20.8. The highest BCUT2D eigenvalue weighted by Gasteiger charge is 2.41. The van der Waals surface area contributed by atoms with Crippen LogP contribution in [0.15, 0.2) is 48.5 Å². The van der Waals surface area contributed by atoms with Crippen LogP contribution in [0.3, 0.4) is 0 Å². The number of carbonyl (C=O) groups excluding carboxylic acids is 1. The SMILES string of the molecule is CC(=O)OC1CCC(O)(c2nn(-c3ccc(CO)cc3)c(-c3ccc(C)cc3)c2Cl)CC1. The number of carbonyl (C=O) groups is 1. The molecule has 0 spiro atoms. The third-order valence-corrected chi connectivity index (χ3v) is 6.41. The summed E-state index contributed by atoms with van der Waals surface area (Å²) < 4.78 is 7.07. The van der Waals surface area contributed by atoms with Crippen molar-refractivity contribution >= 4 is 17.6 Å². The zero-order valence-electron chi connectivity index (χ0n) is 18.2. The monoisotopic (exact) mass is 454 g/mol. The molecule has 0 unspecified atom stereocenters. The third-order valence-electron chi connectivity index (χ3n) is 6.05. The summed E-state index contributed by atoms with van der Waals surface area (Å²) in [6.07, 6.45) is 1.70. The van der Waals surface area contributed by atoms with E-state index in [1.807, 2.05) is 55.5 Å². The Morgan fingerprint density at radius 2 is 1.78 bits per heavy atom. The van der Waals surface area contributed by atoms with Crippen molar-refractivity contribution in [3.8, 4) is 16.9 Å². The molecule has 1 fully saturated rings. The van der Waals surface area contributed by atoms with Crippen molar-refractivity contribution in [3.63, 3.8) is 0 Å². The van der Waals surface area contributed by atoms with E-state index < -0.39 is 5.60 Å². The minimum Gasteiger partial charge on any atom is -0.463 e. The number of aliphatic hydroxyl groups is 2. The van der Waals surface area contributed by atoms with E-state index >= 15 is 0 Å². The fraction of sp³-hybridized carbons (Fsp3) is 0.360. The van der Waals surface area contributed by atoms with Gasteiger partial charge in [0.15, 0.2) is 0 Å². The quantitative estimate of drug-likeness (QED) is 0.546. The van der Waals surface area contributed by atoms with E-state index in [1.54, 1.807) is 4.68 Å². The number of halogens is 1. The number of esters is 1. The minimum absolute atomic E-state index is 0.0422. The van der Waals surface area contributed by atoms with E-state index in [0.717, 1.165) is 22.4 Å². The van der Waals surface area contributed by atoms with Crippen LogP contribution in [-0.2, 0) is 21.7 Å². The van der Waals surface area contributed by atoms with Crippen LogP contribution in [0.2, 0.25) is 5.02 Å². The lowest BCUT2D eigenvalue weighted by molar-refractivity contribution is -0.151. The van der Waals surface area contributed by atoms with Gasteiger partial charge in [-0.1, -0.05) is 53.6 Å². The molecule has 1 aliphatic carbocycles. The Kier molecular flexibility index (Phi) is 6.38. The van der Waals surface area contributed by atoms with Crippen molar-refractivity contribution in [2.24, 2.45) is 0 Å². The van der Waals surface area contributed by atoms with Gasteiger partial charge in [-0.15, -0.1) is 0 Å². The molecule has 3 aromatic rings. The lowest BCUT2D eigenvalue weighted by Gasteiger charge is -2.34. The second-order valence-electron chi connectivity index (χ2n) is 8.45. The summed E-state index contributed by atoms with van der Waals surface area (Å²) in [7, 11) is 0. The molecule has 7 heteroatoms. The maximum atomic E-state index is 11.5. The van der Waals surface area contributed by atoms with Gasteiger partial charge in [-0.2, -0.15) is 5.10 Å². The van der Waals surface area contributed by atoms with E-state index in [9.17, 15) is 15.0 Å². The molecular weight excluding hydrogens is 428 g/mol. The maximum absolute atomic E-state index is 11.5. The highest BCUT2D eigenvalue weighted by Crippen LogP contribution is 2.44. The van der Waals surface area contributed by atoms with Gasteiger partial charge in [-0.25, -0.2) is 4.68 Å². The minimum atomic E-state index is -1.20. The second kappa shape index (κ2) is 9.06. The Morgan fingerprint density at radius 3 is 2.34 bits per heavy atom. The molecule has 0 saturated heterocycles. The van der Waals surface area contributed by atoms with Gasteiger partial charge < -0.3 is 14.9 Å². The van der Waals surface area contributed by atoms with Crippen molar-refractivity contribution < 1.29 is 19.7 Å². The highest BCUT2D eigenvalue weighted by molar-refractivity contribution is 6.34. The molecule has 1 heterocycles. The van der Waals surface area contributed by atoms with E-state index in [0.29, 0.717) is 42.1 Å². The van der Waals surface area contributed by atoms with Crippen LogP contribution in [-0.4, -0.2) is 32.1 Å². The summed E-state index contributed by atoms with van der Waals surface area (Å²) in [5, 5.41) is 26.1. The van der Waals surface area contributed by atoms with Crippen LogP contribution >= 0.6 is 11.6 Å². The molecule has 1 aromatic heterocycles. The number of aryl methyl sites for hydroxylation is 1. The molecule has 1 aliphatic rings. The molecule has 6 nitrogen and oxygen atoms in total. The molecule has 4 rings (SSSR count). The molecule has 1 saturated carbocycles. The Bertz CT molecular complexity index is 1100. The maximum Gasteiger partial charge on any atom is 0.302 e. The standard InChI is InChI=1S/C25H27ClN2O4/c1-16-3-7-19(8-4-16)23-22(26)24(25(31)13-11-21(12-14-25)32-17(2)30)27-28(23)20-9-5-18(15-29)6-10-20/h3-10,21,29,31H,11-15H2,1-2H3. The number of hydrogen-bond acceptors (Lipinski definition) is 5. The summed E-state index contributed by atoms with van der Waals surface area (Å²) in [5.74, 6) is -0.310. The zero-order chi connectivity index (χ0) is 22.9. The average molecular weight is 455 g/mol. The fourth-order valence-electron chi connectivity index (χ4n) is 4.24. The van der Waals surface area contributed by atoms with Crippen LogP contribution in [0.1, 0.15) is 49.4 Å². The Hall–Kier alpha value is -2.67. The first-order valence-corrected chi connectivity index (χ1v) is 11.1. The van der Waals surface area contributed by atoms with Gasteiger partial charge in [-0.05, 0) is 50.3 Å². The fourth-order valence-corrected chi connectivity index (χ4v) is 4.65. The first kappa shape index (κ1) is 22.5. The Morgan fingerprint density at radius 1 is 1.16 bits per heavy atom. The molecule has 2 N–H and O–H groups in total. The van der Waals surface area contributed by atoms with E-state index in [2.05, 4.69) is 0 Å². The van der Waals surface area contributed by atoms with E-state index in [1.165, 1.54) is 6.92 Å². The molecule has 32 heavy (non-hydrogen) atoms. The van der Waals surface area contributed by atoms with Crippen LogP contribution < -0.4 is 0 Å². The summed E-state index contributed by atoms with van der Waals surface area (Å²) in [6.45, 7) is 3.38. The number of benzene rings is 2. The lowest BCUT2D eigenvalue weighted by atomic mass is 9.81. The first-order valence-electron chi connectivity index (χ1n) is 10.8. The number of ether oxygens (including phenoxy) is 1. The van der Waals surface area contributed by atoms with Crippen molar-refractivity contribution in [1.29, 1.82) is 0 Å². The Balaban J connectivity index is 1.77.